The van der Waals surface area contributed by atoms with Crippen LogP contribution in [0.25, 0.3) is 0 Å². The van der Waals surface area contributed by atoms with Gasteiger partial charge in [0.25, 0.3) is 0 Å². The molecule has 0 rings (SSSR count). The summed E-state index contributed by atoms with van der Waals surface area (Å²) in [5.74, 6) is 4.60. The number of rotatable bonds is 5. The topological polar surface area (TPSA) is 55.1 Å². The molecule has 0 aromatic carbocycles. The zero-order valence-corrected chi connectivity index (χ0v) is 7.55. The summed E-state index contributed by atoms with van der Waals surface area (Å²) in [4.78, 5) is 11.1. The van der Waals surface area contributed by atoms with Crippen molar-refractivity contribution in [3.8, 4) is 24.7 Å². The second-order valence-electron chi connectivity index (χ2n) is 2.61. The van der Waals surface area contributed by atoms with E-state index in [1.54, 1.807) is 0 Å². The molecule has 0 aromatic heterocycles. The Kier molecular flexibility index (Phi) is 6.41. The summed E-state index contributed by atoms with van der Waals surface area (Å²) in [6, 6.07) is -0.601. The summed E-state index contributed by atoms with van der Waals surface area (Å²) < 4.78 is 0. The van der Waals surface area contributed by atoms with E-state index in [0.29, 0.717) is 13.0 Å². The zero-order valence-electron chi connectivity index (χ0n) is 7.55. The maximum absolute atomic E-state index is 11.1. The van der Waals surface area contributed by atoms with Crippen molar-refractivity contribution >= 4 is 5.91 Å². The lowest BCUT2D eigenvalue weighted by atomic mass is 10.2. The highest BCUT2D eigenvalue weighted by Gasteiger charge is 2.09. The normalized spacial score (nSPS) is 11.0. The van der Waals surface area contributed by atoms with Gasteiger partial charge in [0.05, 0.1) is 6.04 Å². The fraction of sp³-hybridized carbons (Fsp3) is 0.500. The molecule has 0 saturated heterocycles. The third-order valence-corrected chi connectivity index (χ3v) is 1.47. The van der Waals surface area contributed by atoms with Gasteiger partial charge in [-0.3, -0.25) is 4.79 Å². The number of hydrogen-bond donors (Lipinski definition) is 2. The predicted octanol–water partition coefficient (Wildman–Crippen LogP) is -0.133. The van der Waals surface area contributed by atoms with Gasteiger partial charge in [-0.1, -0.05) is 0 Å². The first-order chi connectivity index (χ1) is 6.22. The highest BCUT2D eigenvalue weighted by molar-refractivity contribution is 5.81. The Morgan fingerprint density at radius 1 is 1.46 bits per heavy atom. The molecule has 0 aliphatic heterocycles. The van der Waals surface area contributed by atoms with Crippen molar-refractivity contribution in [2.24, 2.45) is 5.73 Å². The van der Waals surface area contributed by atoms with Gasteiger partial charge in [0.2, 0.25) is 5.91 Å². The standard InChI is InChI=1S/C10H14N2O/c1-3-5-6-8-12-10(13)9(11)7-4-2/h1-2,9H,5-8,11H2,(H,12,13). The molecule has 0 saturated carbocycles. The van der Waals surface area contributed by atoms with Gasteiger partial charge < -0.3 is 11.1 Å². The lowest BCUT2D eigenvalue weighted by Gasteiger charge is -2.08. The van der Waals surface area contributed by atoms with Crippen molar-refractivity contribution in [3.63, 3.8) is 0 Å². The van der Waals surface area contributed by atoms with E-state index in [1.807, 2.05) is 0 Å². The van der Waals surface area contributed by atoms with Gasteiger partial charge in [0.15, 0.2) is 0 Å². The number of nitrogens with two attached hydrogens (primary N) is 1. The van der Waals surface area contributed by atoms with Crippen LogP contribution in [0.5, 0.6) is 0 Å². The Morgan fingerprint density at radius 2 is 2.15 bits per heavy atom. The van der Waals surface area contributed by atoms with E-state index in [0.717, 1.165) is 6.42 Å². The third kappa shape index (κ3) is 5.78. The van der Waals surface area contributed by atoms with E-state index in [9.17, 15) is 4.79 Å². The number of carbonyl (C=O) groups is 1. The largest absolute Gasteiger partial charge is 0.355 e. The summed E-state index contributed by atoms with van der Waals surface area (Å²) in [6.07, 6.45) is 11.7. The molecule has 3 nitrogen and oxygen atoms in total. The van der Waals surface area contributed by atoms with Crippen molar-refractivity contribution in [1.29, 1.82) is 0 Å². The molecule has 1 unspecified atom stereocenters. The molecule has 0 bridgehead atoms. The highest BCUT2D eigenvalue weighted by atomic mass is 16.2. The van der Waals surface area contributed by atoms with Crippen LogP contribution in [0.2, 0.25) is 0 Å². The predicted molar refractivity (Wildman–Crippen MR) is 52.5 cm³/mol. The maximum Gasteiger partial charge on any atom is 0.237 e. The summed E-state index contributed by atoms with van der Waals surface area (Å²) in [5.41, 5.74) is 5.45. The summed E-state index contributed by atoms with van der Waals surface area (Å²) >= 11 is 0. The van der Waals surface area contributed by atoms with Crippen LogP contribution in [-0.4, -0.2) is 18.5 Å². The van der Waals surface area contributed by atoms with Gasteiger partial charge in [0, 0.05) is 19.4 Å². The number of hydrogen-bond acceptors (Lipinski definition) is 2. The molecule has 1 atom stereocenters. The van der Waals surface area contributed by atoms with Gasteiger partial charge in [-0.2, -0.15) is 0 Å². The summed E-state index contributed by atoms with van der Waals surface area (Å²) in [6.45, 7) is 0.557. The molecule has 0 aromatic rings. The number of unbranched alkanes of at least 4 members (excludes halogenated alkanes) is 1. The van der Waals surface area contributed by atoms with E-state index in [2.05, 4.69) is 17.2 Å². The third-order valence-electron chi connectivity index (χ3n) is 1.47. The average Bonchev–Trinajstić information content (AvgIpc) is 2.12. The van der Waals surface area contributed by atoms with Crippen LogP contribution < -0.4 is 11.1 Å². The van der Waals surface area contributed by atoms with Gasteiger partial charge in [0.1, 0.15) is 0 Å². The fourth-order valence-electron chi connectivity index (χ4n) is 0.753. The monoisotopic (exact) mass is 178 g/mol. The minimum absolute atomic E-state index is 0.213. The molecule has 13 heavy (non-hydrogen) atoms. The van der Waals surface area contributed by atoms with Crippen molar-refractivity contribution in [2.75, 3.05) is 6.54 Å². The molecule has 0 heterocycles. The van der Waals surface area contributed by atoms with Crippen molar-refractivity contribution in [2.45, 2.75) is 25.3 Å². The Hall–Kier alpha value is -1.45. The lowest BCUT2D eigenvalue weighted by molar-refractivity contribution is -0.122. The van der Waals surface area contributed by atoms with Crippen LogP contribution in [0.3, 0.4) is 0 Å². The van der Waals surface area contributed by atoms with Crippen LogP contribution >= 0.6 is 0 Å². The molecule has 0 radical (unpaired) electrons. The maximum atomic E-state index is 11.1. The Labute approximate surface area is 79.1 Å². The number of nitrogens with one attached hydrogen (secondary N) is 1. The zero-order chi connectivity index (χ0) is 10.1. The smallest absolute Gasteiger partial charge is 0.237 e. The van der Waals surface area contributed by atoms with Crippen molar-refractivity contribution < 1.29 is 4.79 Å². The first kappa shape index (κ1) is 11.6. The second-order valence-corrected chi connectivity index (χ2v) is 2.61. The van der Waals surface area contributed by atoms with Gasteiger partial charge in [-0.25, -0.2) is 0 Å². The Morgan fingerprint density at radius 3 is 2.69 bits per heavy atom. The molecule has 0 aliphatic carbocycles. The average molecular weight is 178 g/mol. The first-order valence-electron chi connectivity index (χ1n) is 4.12. The summed E-state index contributed by atoms with van der Waals surface area (Å²) in [5, 5.41) is 2.65. The fourth-order valence-corrected chi connectivity index (χ4v) is 0.753. The van der Waals surface area contributed by atoms with E-state index < -0.39 is 6.04 Å². The molecule has 3 heteroatoms. The molecule has 1 amide bonds. The van der Waals surface area contributed by atoms with Crippen molar-refractivity contribution in [1.82, 2.24) is 5.32 Å². The van der Waals surface area contributed by atoms with E-state index in [4.69, 9.17) is 18.6 Å². The first-order valence-corrected chi connectivity index (χ1v) is 4.12. The Bertz CT molecular complexity index is 234. The van der Waals surface area contributed by atoms with Crippen LogP contribution in [0.1, 0.15) is 19.3 Å². The van der Waals surface area contributed by atoms with Crippen LogP contribution in [0.4, 0.5) is 0 Å². The molecule has 0 fully saturated rings. The van der Waals surface area contributed by atoms with Gasteiger partial charge in [-0.15, -0.1) is 24.7 Å². The molecular weight excluding hydrogens is 164 g/mol. The Balaban J connectivity index is 3.52. The van der Waals surface area contributed by atoms with Crippen LogP contribution in [0, 0.1) is 24.7 Å². The molecule has 3 N–H and O–H groups in total. The number of terminal acetylenes is 2. The van der Waals surface area contributed by atoms with E-state index in [1.165, 1.54) is 0 Å². The summed E-state index contributed by atoms with van der Waals surface area (Å²) in [7, 11) is 0. The quantitative estimate of drug-likeness (QED) is 0.455. The molecule has 70 valence electrons. The molecule has 0 aliphatic rings. The minimum Gasteiger partial charge on any atom is -0.355 e. The van der Waals surface area contributed by atoms with Gasteiger partial charge in [-0.05, 0) is 6.42 Å². The van der Waals surface area contributed by atoms with Crippen molar-refractivity contribution in [3.05, 3.63) is 0 Å². The van der Waals surface area contributed by atoms with Crippen LogP contribution in [0.15, 0.2) is 0 Å². The number of carbonyl (C=O) groups excluding carboxylic acids is 1. The van der Waals surface area contributed by atoms with Crippen LogP contribution in [-0.2, 0) is 4.79 Å². The lowest BCUT2D eigenvalue weighted by Crippen LogP contribution is -2.40. The van der Waals surface area contributed by atoms with Gasteiger partial charge >= 0.3 is 0 Å². The SMILES string of the molecule is C#CCCCNC(=O)C(N)CC#C. The van der Waals surface area contributed by atoms with E-state index >= 15 is 0 Å². The molecule has 0 spiro atoms. The highest BCUT2D eigenvalue weighted by Crippen LogP contribution is 1.87. The number of amides is 1. The minimum atomic E-state index is -0.601. The molecular formula is C10H14N2O. The second kappa shape index (κ2) is 7.21. The van der Waals surface area contributed by atoms with E-state index in [-0.39, 0.29) is 12.3 Å².